The second kappa shape index (κ2) is 5.49. The summed E-state index contributed by atoms with van der Waals surface area (Å²) in [5, 5.41) is 0. The molecule has 1 saturated heterocycles. The van der Waals surface area contributed by atoms with E-state index in [0.717, 1.165) is 32.3 Å². The van der Waals surface area contributed by atoms with E-state index in [-0.39, 0.29) is 0 Å². The van der Waals surface area contributed by atoms with E-state index in [1.54, 1.807) is 0 Å². The van der Waals surface area contributed by atoms with Gasteiger partial charge in [0.05, 0.1) is 5.56 Å². The Morgan fingerprint density at radius 1 is 1.04 bits per heavy atom. The van der Waals surface area contributed by atoms with Crippen LogP contribution in [0.5, 0.6) is 0 Å². The van der Waals surface area contributed by atoms with Gasteiger partial charge in [-0.15, -0.1) is 0 Å². The Balaban J connectivity index is 2.42. The van der Waals surface area contributed by atoms with Crippen LogP contribution >= 0.6 is 0 Å². The van der Waals surface area contributed by atoms with E-state index in [4.69, 9.17) is 0 Å². The zero-order valence-corrected chi connectivity index (χ0v) is 12.0. The first-order valence-electron chi connectivity index (χ1n) is 6.36. The van der Waals surface area contributed by atoms with Gasteiger partial charge >= 0.3 is 12.2 Å². The predicted molar refractivity (Wildman–Crippen MR) is 70.2 cm³/mol. The lowest BCUT2D eigenvalue weighted by Crippen LogP contribution is -2.58. The molecule has 122 valence electrons. The van der Waals surface area contributed by atoms with Gasteiger partial charge in [-0.1, -0.05) is 12.1 Å². The molecule has 6 nitrogen and oxygen atoms in total. The normalized spacial score (nSPS) is 17.0. The van der Waals surface area contributed by atoms with Crippen molar-refractivity contribution < 1.29 is 32.3 Å². The monoisotopic (exact) mass is 328 g/mol. The maximum absolute atomic E-state index is 12.7. The Kier molecular flexibility index (Phi) is 3.97. The van der Waals surface area contributed by atoms with E-state index in [2.05, 4.69) is 0 Å². The minimum absolute atomic E-state index is 0.428. The number of rotatable bonds is 2. The first-order chi connectivity index (χ1) is 10.6. The maximum atomic E-state index is 12.7. The van der Waals surface area contributed by atoms with Gasteiger partial charge in [0, 0.05) is 19.7 Å². The van der Waals surface area contributed by atoms with Crippen molar-refractivity contribution in [3.8, 4) is 0 Å². The van der Waals surface area contributed by atoms with Gasteiger partial charge in [-0.25, -0.2) is 4.79 Å². The molecule has 2 rings (SSSR count). The van der Waals surface area contributed by atoms with Gasteiger partial charge in [0.1, 0.15) is 0 Å². The summed E-state index contributed by atoms with van der Waals surface area (Å²) in [6, 6.07) is 2.51. The summed E-state index contributed by atoms with van der Waals surface area (Å²) < 4.78 is 38.1. The molecule has 23 heavy (non-hydrogen) atoms. The molecule has 0 N–H and O–H groups in total. The summed E-state index contributed by atoms with van der Waals surface area (Å²) in [5.41, 5.74) is -1.50. The van der Waals surface area contributed by atoms with Gasteiger partial charge in [0.15, 0.2) is 11.7 Å². The number of ketones is 1. The van der Waals surface area contributed by atoms with Crippen LogP contribution in [0.3, 0.4) is 0 Å². The Morgan fingerprint density at radius 2 is 1.57 bits per heavy atom. The summed E-state index contributed by atoms with van der Waals surface area (Å²) in [7, 11) is 2.17. The number of carbonyl (C=O) groups excluding carboxylic acids is 4. The Hall–Kier alpha value is -2.71. The molecule has 1 aromatic rings. The van der Waals surface area contributed by atoms with Crippen molar-refractivity contribution in [2.45, 2.75) is 6.18 Å². The smallest absolute Gasteiger partial charge is 0.293 e. The Morgan fingerprint density at radius 3 is 2.04 bits per heavy atom. The van der Waals surface area contributed by atoms with Gasteiger partial charge in [-0.05, 0) is 12.1 Å². The average Bonchev–Trinajstić information content (AvgIpc) is 2.50. The topological polar surface area (TPSA) is 74.8 Å². The number of hydrogen-bond donors (Lipinski definition) is 0. The fraction of sp³-hybridized carbons (Fsp3) is 0.286. The van der Waals surface area contributed by atoms with Crippen molar-refractivity contribution in [2.75, 3.05) is 14.1 Å². The van der Waals surface area contributed by atoms with Crippen LogP contribution in [0, 0.1) is 5.92 Å². The van der Waals surface area contributed by atoms with Crippen LogP contribution in [-0.4, -0.2) is 47.5 Å². The molecule has 0 bridgehead atoms. The number of Topliss-reactive ketones (excluding diaryl/α,β-unsaturated/α-hetero) is 1. The Bertz CT molecular complexity index is 690. The van der Waals surface area contributed by atoms with Crippen LogP contribution in [0.2, 0.25) is 0 Å². The highest BCUT2D eigenvalue weighted by Crippen LogP contribution is 2.30. The highest BCUT2D eigenvalue weighted by Gasteiger charge is 2.47. The van der Waals surface area contributed by atoms with E-state index >= 15 is 0 Å². The van der Waals surface area contributed by atoms with Crippen molar-refractivity contribution >= 4 is 23.6 Å². The molecule has 4 amide bonds. The number of barbiturate groups is 1. The molecule has 1 aliphatic rings. The summed E-state index contributed by atoms with van der Waals surface area (Å²) in [6.07, 6.45) is -4.67. The second-order valence-electron chi connectivity index (χ2n) is 4.95. The zero-order chi connectivity index (χ0) is 17.5. The molecule has 0 saturated carbocycles. The molecule has 1 heterocycles. The van der Waals surface area contributed by atoms with Crippen molar-refractivity contribution in [3.63, 3.8) is 0 Å². The maximum Gasteiger partial charge on any atom is 0.416 e. The van der Waals surface area contributed by atoms with Gasteiger partial charge in [0.2, 0.25) is 0 Å². The number of benzene rings is 1. The van der Waals surface area contributed by atoms with Crippen LogP contribution < -0.4 is 0 Å². The summed E-state index contributed by atoms with van der Waals surface area (Å²) in [5.74, 6) is -5.09. The molecule has 9 heteroatoms. The molecule has 0 aliphatic carbocycles. The number of halogens is 3. The van der Waals surface area contributed by atoms with Crippen molar-refractivity contribution in [1.82, 2.24) is 9.80 Å². The quantitative estimate of drug-likeness (QED) is 0.610. The number of amides is 4. The molecule has 1 aliphatic heterocycles. The molecule has 1 fully saturated rings. The summed E-state index contributed by atoms with van der Waals surface area (Å²) in [4.78, 5) is 49.1. The van der Waals surface area contributed by atoms with Crippen LogP contribution in [0.25, 0.3) is 0 Å². The summed E-state index contributed by atoms with van der Waals surface area (Å²) >= 11 is 0. The van der Waals surface area contributed by atoms with E-state index in [0.29, 0.717) is 15.9 Å². The van der Waals surface area contributed by atoms with E-state index in [1.807, 2.05) is 0 Å². The Labute approximate surface area is 128 Å². The third-order valence-electron chi connectivity index (χ3n) is 3.47. The van der Waals surface area contributed by atoms with Crippen LogP contribution in [0.15, 0.2) is 24.3 Å². The summed E-state index contributed by atoms with van der Waals surface area (Å²) in [6.45, 7) is 0. The number of carbonyl (C=O) groups is 4. The lowest BCUT2D eigenvalue weighted by Gasteiger charge is -2.32. The first kappa shape index (κ1) is 16.7. The number of hydrogen-bond acceptors (Lipinski definition) is 4. The van der Waals surface area contributed by atoms with Gasteiger partial charge in [-0.2, -0.15) is 13.2 Å². The van der Waals surface area contributed by atoms with Crippen molar-refractivity contribution in [1.29, 1.82) is 0 Å². The lowest BCUT2D eigenvalue weighted by molar-refractivity contribution is -0.145. The SMILES string of the molecule is CN1C(=O)C(C(=O)c2cccc(C(F)(F)F)c2)C(=O)N(C)C1=O. The molecular formula is C14H11F3N2O4. The molecule has 0 atom stereocenters. The van der Waals surface area contributed by atoms with E-state index < -0.39 is 46.8 Å². The molecular weight excluding hydrogens is 317 g/mol. The molecule has 1 aromatic carbocycles. The van der Waals surface area contributed by atoms with E-state index in [1.165, 1.54) is 0 Å². The minimum Gasteiger partial charge on any atom is -0.293 e. The molecule has 0 unspecified atom stereocenters. The second-order valence-corrected chi connectivity index (χ2v) is 4.95. The van der Waals surface area contributed by atoms with Crippen LogP contribution in [0.4, 0.5) is 18.0 Å². The highest BCUT2D eigenvalue weighted by atomic mass is 19.4. The fourth-order valence-corrected chi connectivity index (χ4v) is 2.15. The largest absolute Gasteiger partial charge is 0.416 e. The number of nitrogens with zero attached hydrogens (tertiary/aromatic N) is 2. The standard InChI is InChI=1S/C14H11F3N2O4/c1-18-11(21)9(12(22)19(2)13(18)23)10(20)7-4-3-5-8(6-7)14(15,16)17/h3-6,9H,1-2H3. The van der Waals surface area contributed by atoms with Gasteiger partial charge in [-0.3, -0.25) is 24.2 Å². The number of alkyl halides is 3. The first-order valence-corrected chi connectivity index (χ1v) is 6.36. The third-order valence-corrected chi connectivity index (χ3v) is 3.47. The van der Waals surface area contributed by atoms with Crippen molar-refractivity contribution in [3.05, 3.63) is 35.4 Å². The molecule has 0 aromatic heterocycles. The predicted octanol–water partition coefficient (Wildman–Crippen LogP) is 1.55. The molecule has 0 radical (unpaired) electrons. The minimum atomic E-state index is -4.67. The highest BCUT2D eigenvalue weighted by molar-refractivity contribution is 6.29. The van der Waals surface area contributed by atoms with Gasteiger partial charge < -0.3 is 0 Å². The van der Waals surface area contributed by atoms with Crippen molar-refractivity contribution in [2.24, 2.45) is 5.92 Å². The van der Waals surface area contributed by atoms with Crippen LogP contribution in [-0.2, 0) is 15.8 Å². The van der Waals surface area contributed by atoms with E-state index in [9.17, 15) is 32.3 Å². The average molecular weight is 328 g/mol. The molecule has 0 spiro atoms. The number of urea groups is 1. The van der Waals surface area contributed by atoms with Gasteiger partial charge in [0.25, 0.3) is 11.8 Å². The lowest BCUT2D eigenvalue weighted by atomic mass is 9.92. The fourth-order valence-electron chi connectivity index (χ4n) is 2.15. The third kappa shape index (κ3) is 2.81. The zero-order valence-electron chi connectivity index (χ0n) is 12.0. The van der Waals surface area contributed by atoms with Crippen LogP contribution in [0.1, 0.15) is 15.9 Å². The number of imide groups is 2.